The molecule has 0 radical (unpaired) electrons. The zero-order valence-corrected chi connectivity index (χ0v) is 27.7. The number of nitrogens with one attached hydrogen (secondary N) is 1. The number of pyridine rings is 1. The Hall–Kier alpha value is -4.13. The number of piperidine rings is 1. The highest BCUT2D eigenvalue weighted by Gasteiger charge is 2.56. The lowest BCUT2D eigenvalue weighted by atomic mass is 9.82. The Morgan fingerprint density at radius 1 is 1.10 bits per heavy atom. The second kappa shape index (κ2) is 11.8. The smallest absolute Gasteiger partial charge is 0.402 e. The number of hydrogen-bond acceptors (Lipinski definition) is 6. The first kappa shape index (κ1) is 32.4. The number of aryl methyl sites for hydroxylation is 2. The van der Waals surface area contributed by atoms with Gasteiger partial charge in [0.05, 0.1) is 30.1 Å². The molecule has 2 aliphatic heterocycles. The minimum atomic E-state index is -4.67. The standard InChI is InChI=1S/C35H42F3N7O3/c1-19-23-11-9-20-16-26(44(30(20)41-23)14-8-6-5-7-13-34(2,33(47)40-19)35(36,37)38)31-42-24-15-22(17-27(48-4)29(24)43(31)3)32(46)45-18-21-10-12-25(45)28(21)39/h9,11,15-17,19,21,25,28H,5-8,10,12-14,18,39H2,1-4H3,(H,40,47)/t19-,21-,25-,28-,34+/m1/s1. The Bertz CT molecular complexity index is 1920. The topological polar surface area (TPSA) is 120 Å². The molecule has 1 saturated heterocycles. The Kier molecular flexibility index (Phi) is 7.96. The largest absolute Gasteiger partial charge is 0.494 e. The van der Waals surface area contributed by atoms with Crippen molar-refractivity contribution in [1.29, 1.82) is 0 Å². The van der Waals surface area contributed by atoms with Crippen molar-refractivity contribution in [2.75, 3.05) is 13.7 Å². The zero-order valence-electron chi connectivity index (χ0n) is 27.7. The van der Waals surface area contributed by atoms with E-state index in [1.807, 2.05) is 34.7 Å². The van der Waals surface area contributed by atoms with Crippen molar-refractivity contribution in [1.82, 2.24) is 29.3 Å². The first-order valence-corrected chi connectivity index (χ1v) is 16.8. The molecule has 1 aliphatic carbocycles. The van der Waals surface area contributed by atoms with Gasteiger partial charge in [-0.05, 0) is 75.8 Å². The van der Waals surface area contributed by atoms with Crippen LogP contribution in [0.3, 0.4) is 0 Å². The number of amides is 2. The second-order valence-corrected chi connectivity index (χ2v) is 14.0. The fourth-order valence-electron chi connectivity index (χ4n) is 7.98. The monoisotopic (exact) mass is 665 g/mol. The summed E-state index contributed by atoms with van der Waals surface area (Å²) in [7, 11) is 3.49. The molecular formula is C35H42F3N7O3. The van der Waals surface area contributed by atoms with Gasteiger partial charge in [0.15, 0.2) is 5.82 Å². The van der Waals surface area contributed by atoms with E-state index in [1.165, 1.54) is 0 Å². The van der Waals surface area contributed by atoms with Crippen LogP contribution in [0.4, 0.5) is 13.2 Å². The van der Waals surface area contributed by atoms with Crippen LogP contribution in [0.1, 0.15) is 80.9 Å². The number of carbonyl (C=O) groups excluding carboxylic acids is 2. The number of nitrogens with two attached hydrogens (primary N) is 1. The van der Waals surface area contributed by atoms with Gasteiger partial charge in [-0.3, -0.25) is 9.59 Å². The first-order valence-electron chi connectivity index (χ1n) is 16.8. The van der Waals surface area contributed by atoms with E-state index < -0.39 is 23.5 Å². The lowest BCUT2D eigenvalue weighted by Gasteiger charge is -2.32. The van der Waals surface area contributed by atoms with Crippen LogP contribution < -0.4 is 15.8 Å². The van der Waals surface area contributed by atoms with Crippen LogP contribution in [0.15, 0.2) is 30.3 Å². The summed E-state index contributed by atoms with van der Waals surface area (Å²) in [5, 5.41) is 3.44. The molecular weight excluding hydrogens is 623 g/mol. The molecule has 4 aromatic rings. The number of methoxy groups -OCH3 is 1. The van der Waals surface area contributed by atoms with Crippen molar-refractivity contribution in [2.24, 2.45) is 24.1 Å². The molecule has 13 heteroatoms. The Balaban J connectivity index is 1.29. The molecule has 1 aromatic carbocycles. The Labute approximate surface area is 276 Å². The van der Waals surface area contributed by atoms with Crippen LogP contribution in [-0.2, 0) is 18.4 Å². The van der Waals surface area contributed by atoms with Crippen LogP contribution in [0, 0.1) is 11.3 Å². The van der Waals surface area contributed by atoms with Gasteiger partial charge in [-0.1, -0.05) is 19.3 Å². The fourth-order valence-corrected chi connectivity index (χ4v) is 7.98. The molecule has 3 aromatic heterocycles. The van der Waals surface area contributed by atoms with Gasteiger partial charge in [0, 0.05) is 43.2 Å². The third-order valence-corrected chi connectivity index (χ3v) is 11.0. The van der Waals surface area contributed by atoms with E-state index in [2.05, 4.69) is 9.88 Å². The van der Waals surface area contributed by atoms with Gasteiger partial charge in [0.1, 0.15) is 22.3 Å². The van der Waals surface area contributed by atoms with E-state index in [-0.39, 0.29) is 30.8 Å². The van der Waals surface area contributed by atoms with Gasteiger partial charge < -0.3 is 29.8 Å². The van der Waals surface area contributed by atoms with Gasteiger partial charge in [-0.2, -0.15) is 13.2 Å². The van der Waals surface area contributed by atoms with Crippen LogP contribution in [0.5, 0.6) is 5.75 Å². The Morgan fingerprint density at radius 2 is 1.88 bits per heavy atom. The van der Waals surface area contributed by atoms with Crippen molar-refractivity contribution in [3.8, 4) is 17.3 Å². The van der Waals surface area contributed by atoms with E-state index in [0.717, 1.165) is 36.4 Å². The number of fused-ring (bicyclic) bond motifs is 4. The highest BCUT2D eigenvalue weighted by molar-refractivity contribution is 6.00. The molecule has 0 unspecified atom stereocenters. The average Bonchev–Trinajstić information content (AvgIpc) is 3.79. The summed E-state index contributed by atoms with van der Waals surface area (Å²) >= 11 is 0. The van der Waals surface area contributed by atoms with Crippen LogP contribution in [0.2, 0.25) is 0 Å². The molecule has 10 nitrogen and oxygen atoms in total. The summed E-state index contributed by atoms with van der Waals surface area (Å²) < 4.78 is 52.2. The summed E-state index contributed by atoms with van der Waals surface area (Å²) in [6.07, 6.45) is -0.733. The first-order chi connectivity index (χ1) is 22.8. The lowest BCUT2D eigenvalue weighted by molar-refractivity contribution is -0.219. The number of nitrogens with zero attached hydrogens (tertiary/aromatic N) is 5. The van der Waals surface area contributed by atoms with Crippen molar-refractivity contribution in [3.63, 3.8) is 0 Å². The normalized spacial score (nSPS) is 26.8. The molecule has 3 aliphatic rings. The maximum atomic E-state index is 14.1. The molecule has 4 bridgehead atoms. The molecule has 2 amide bonds. The molecule has 7 rings (SSSR count). The van der Waals surface area contributed by atoms with Crippen LogP contribution in [0.25, 0.3) is 33.6 Å². The number of hydrogen-bond donors (Lipinski definition) is 2. The van der Waals surface area contributed by atoms with Gasteiger partial charge in [-0.25, -0.2) is 9.97 Å². The molecule has 2 fully saturated rings. The quantitative estimate of drug-likeness (QED) is 0.283. The highest BCUT2D eigenvalue weighted by Crippen LogP contribution is 2.43. The minimum Gasteiger partial charge on any atom is -0.494 e. The summed E-state index contributed by atoms with van der Waals surface area (Å²) in [5.41, 5.74) is 7.75. The maximum absolute atomic E-state index is 14.1. The van der Waals surface area contributed by atoms with Crippen molar-refractivity contribution < 1.29 is 27.5 Å². The molecule has 0 spiro atoms. The molecule has 5 heterocycles. The van der Waals surface area contributed by atoms with Gasteiger partial charge >= 0.3 is 6.18 Å². The average molecular weight is 666 g/mol. The van der Waals surface area contributed by atoms with Crippen LogP contribution >= 0.6 is 0 Å². The molecule has 48 heavy (non-hydrogen) atoms. The van der Waals surface area contributed by atoms with Crippen molar-refractivity contribution in [2.45, 2.75) is 89.6 Å². The molecule has 3 N–H and O–H groups in total. The summed E-state index contributed by atoms with van der Waals surface area (Å²) in [6, 6.07) is 8.55. The Morgan fingerprint density at radius 3 is 2.56 bits per heavy atom. The number of carbonyl (C=O) groups is 2. The predicted molar refractivity (Wildman–Crippen MR) is 175 cm³/mol. The number of alkyl halides is 3. The lowest BCUT2D eigenvalue weighted by Crippen LogP contribution is -2.49. The number of ether oxygens (including phenoxy) is 1. The number of aromatic nitrogens is 4. The minimum absolute atomic E-state index is 0.0132. The number of likely N-dealkylation sites (tertiary alicyclic amines) is 1. The molecule has 5 atom stereocenters. The van der Waals surface area contributed by atoms with E-state index >= 15 is 0 Å². The number of rotatable bonds is 3. The SMILES string of the molecule is COc1cc(C(=O)N2C[C@H]3CC[C@@H]2[C@@H]3N)cc2nc(-c3cc4ccc5nc4n3CCCCCC[C@](C)(C(F)(F)F)C(=O)N[C@@H]5C)n(C)c12. The van der Waals surface area contributed by atoms with Crippen molar-refractivity contribution in [3.05, 3.63) is 41.6 Å². The third kappa shape index (κ3) is 5.12. The zero-order chi connectivity index (χ0) is 34.1. The predicted octanol–water partition coefficient (Wildman–Crippen LogP) is 5.87. The highest BCUT2D eigenvalue weighted by atomic mass is 19.4. The summed E-state index contributed by atoms with van der Waals surface area (Å²) in [5.74, 6) is 0.436. The second-order valence-electron chi connectivity index (χ2n) is 14.0. The maximum Gasteiger partial charge on any atom is 0.402 e. The molecule has 256 valence electrons. The van der Waals surface area contributed by atoms with Crippen LogP contribution in [-0.4, -0.2) is 67.7 Å². The van der Waals surface area contributed by atoms with E-state index in [9.17, 15) is 22.8 Å². The van der Waals surface area contributed by atoms with Crippen molar-refractivity contribution >= 4 is 33.9 Å². The van der Waals surface area contributed by atoms with E-state index in [1.54, 1.807) is 26.2 Å². The van der Waals surface area contributed by atoms with Gasteiger partial charge in [-0.15, -0.1) is 0 Å². The number of benzene rings is 1. The van der Waals surface area contributed by atoms with Gasteiger partial charge in [0.25, 0.3) is 5.91 Å². The molecule has 1 saturated carbocycles. The summed E-state index contributed by atoms with van der Waals surface area (Å²) in [6.45, 7) is 3.89. The fraction of sp³-hybridized carbons (Fsp3) is 0.543. The van der Waals surface area contributed by atoms with Gasteiger partial charge in [0.2, 0.25) is 5.91 Å². The summed E-state index contributed by atoms with van der Waals surface area (Å²) in [4.78, 5) is 38.6. The van der Waals surface area contributed by atoms with E-state index in [4.69, 9.17) is 20.4 Å². The number of imidazole rings is 1. The van der Waals surface area contributed by atoms with E-state index in [0.29, 0.717) is 72.3 Å². The third-order valence-electron chi connectivity index (χ3n) is 11.0. The number of halogens is 3.